The number of fused-ring (bicyclic) bond motifs is 1. The number of rotatable bonds is 4. The third kappa shape index (κ3) is 4.23. The maximum absolute atomic E-state index is 5.83. The van der Waals surface area contributed by atoms with Gasteiger partial charge in [0.05, 0.1) is 12.2 Å². The zero-order valence-corrected chi connectivity index (χ0v) is 16.3. The summed E-state index contributed by atoms with van der Waals surface area (Å²) >= 11 is 0. The van der Waals surface area contributed by atoms with Gasteiger partial charge in [0.15, 0.2) is 5.96 Å². The molecule has 2 aromatic heterocycles. The van der Waals surface area contributed by atoms with Crippen molar-refractivity contribution < 1.29 is 4.42 Å². The van der Waals surface area contributed by atoms with Crippen LogP contribution in [-0.2, 0) is 18.5 Å². The summed E-state index contributed by atoms with van der Waals surface area (Å²) in [7, 11) is 0. The van der Waals surface area contributed by atoms with E-state index < -0.39 is 0 Å². The number of hydrogen-bond acceptors (Lipinski definition) is 5. The molecule has 0 radical (unpaired) electrons. The number of oxazole rings is 1. The van der Waals surface area contributed by atoms with Gasteiger partial charge in [0.1, 0.15) is 24.0 Å². The summed E-state index contributed by atoms with van der Waals surface area (Å²) < 4.78 is 7.82. The number of aliphatic imine (C=N–C) groups is 1. The van der Waals surface area contributed by atoms with Crippen molar-refractivity contribution in [3.05, 3.63) is 29.5 Å². The van der Waals surface area contributed by atoms with Gasteiger partial charge >= 0.3 is 0 Å². The van der Waals surface area contributed by atoms with Crippen LogP contribution in [-0.4, -0.2) is 32.3 Å². The molecule has 1 unspecified atom stereocenters. The first-order chi connectivity index (χ1) is 12.4. The second kappa shape index (κ2) is 7.47. The molecule has 142 valence electrons. The standard InChI is InChI=1S/C18H29N7O/c1-6-19-17(21-11-15-20-10-14(26-15)18(3,4)5)23-13-8-7-9-25-16(13)22-12(2)24-25/h10,13H,6-9,11H2,1-5H3,(H2,19,21,23). The summed E-state index contributed by atoms with van der Waals surface area (Å²) in [6, 6.07) is 0.109. The predicted molar refractivity (Wildman–Crippen MR) is 99.9 cm³/mol. The second-order valence-corrected chi connectivity index (χ2v) is 7.64. The van der Waals surface area contributed by atoms with Crippen molar-refractivity contribution in [3.63, 3.8) is 0 Å². The molecule has 0 amide bonds. The van der Waals surface area contributed by atoms with Gasteiger partial charge in [-0.15, -0.1) is 0 Å². The fraction of sp³-hybridized carbons (Fsp3) is 0.667. The number of hydrogen-bond donors (Lipinski definition) is 2. The molecule has 0 saturated heterocycles. The molecule has 0 aliphatic carbocycles. The fourth-order valence-electron chi connectivity index (χ4n) is 2.97. The minimum absolute atomic E-state index is 0.0538. The summed E-state index contributed by atoms with van der Waals surface area (Å²) in [4.78, 5) is 13.5. The minimum atomic E-state index is -0.0538. The van der Waals surface area contributed by atoms with E-state index in [4.69, 9.17) is 4.42 Å². The molecule has 1 atom stereocenters. The van der Waals surface area contributed by atoms with Crippen LogP contribution in [0.2, 0.25) is 0 Å². The van der Waals surface area contributed by atoms with Crippen molar-refractivity contribution in [2.45, 2.75) is 72.0 Å². The van der Waals surface area contributed by atoms with Crippen molar-refractivity contribution in [2.75, 3.05) is 6.54 Å². The zero-order valence-electron chi connectivity index (χ0n) is 16.3. The van der Waals surface area contributed by atoms with Crippen LogP contribution in [0.25, 0.3) is 0 Å². The molecule has 0 saturated carbocycles. The third-order valence-corrected chi connectivity index (χ3v) is 4.30. The highest BCUT2D eigenvalue weighted by Crippen LogP contribution is 2.24. The van der Waals surface area contributed by atoms with Crippen LogP contribution in [0.1, 0.15) is 69.9 Å². The average Bonchev–Trinajstić information content (AvgIpc) is 3.18. The maximum Gasteiger partial charge on any atom is 0.216 e. The van der Waals surface area contributed by atoms with E-state index in [2.05, 4.69) is 51.5 Å². The monoisotopic (exact) mass is 359 g/mol. The molecule has 3 heterocycles. The van der Waals surface area contributed by atoms with Crippen molar-refractivity contribution in [2.24, 2.45) is 4.99 Å². The second-order valence-electron chi connectivity index (χ2n) is 7.64. The molecule has 1 aliphatic heterocycles. The Bertz CT molecular complexity index is 769. The molecule has 0 spiro atoms. The first kappa shape index (κ1) is 18.4. The Morgan fingerprint density at radius 3 is 2.92 bits per heavy atom. The number of guanidine groups is 1. The quantitative estimate of drug-likeness (QED) is 0.643. The van der Waals surface area contributed by atoms with E-state index in [0.29, 0.717) is 12.4 Å². The molecule has 3 rings (SSSR count). The molecule has 2 N–H and O–H groups in total. The van der Waals surface area contributed by atoms with Crippen molar-refractivity contribution in [1.82, 2.24) is 30.4 Å². The predicted octanol–water partition coefficient (Wildman–Crippen LogP) is 2.46. The van der Waals surface area contributed by atoms with Gasteiger partial charge in [-0.25, -0.2) is 19.6 Å². The number of nitrogens with one attached hydrogen (secondary N) is 2. The number of aryl methyl sites for hydroxylation is 2. The summed E-state index contributed by atoms with van der Waals surface area (Å²) in [6.07, 6.45) is 3.87. The van der Waals surface area contributed by atoms with Crippen molar-refractivity contribution in [3.8, 4) is 0 Å². The van der Waals surface area contributed by atoms with Crippen molar-refractivity contribution in [1.29, 1.82) is 0 Å². The van der Waals surface area contributed by atoms with Crippen LogP contribution >= 0.6 is 0 Å². The first-order valence-electron chi connectivity index (χ1n) is 9.28. The normalized spacial score (nSPS) is 17.9. The zero-order chi connectivity index (χ0) is 18.7. The molecule has 0 bridgehead atoms. The van der Waals surface area contributed by atoms with E-state index in [0.717, 1.165) is 49.3 Å². The van der Waals surface area contributed by atoms with Gasteiger partial charge < -0.3 is 15.1 Å². The number of nitrogens with zero attached hydrogens (tertiary/aromatic N) is 5. The SMILES string of the molecule is CCNC(=NCc1ncc(C(C)(C)C)o1)NC1CCCn2nc(C)nc21. The van der Waals surface area contributed by atoms with Crippen LogP contribution in [0.4, 0.5) is 0 Å². The highest BCUT2D eigenvalue weighted by atomic mass is 16.4. The minimum Gasteiger partial charge on any atom is -0.443 e. The number of aromatic nitrogens is 4. The van der Waals surface area contributed by atoms with E-state index in [9.17, 15) is 0 Å². The van der Waals surface area contributed by atoms with Gasteiger partial charge in [-0.3, -0.25) is 0 Å². The van der Waals surface area contributed by atoms with Crippen LogP contribution in [0.15, 0.2) is 15.6 Å². The maximum atomic E-state index is 5.83. The van der Waals surface area contributed by atoms with E-state index in [1.165, 1.54) is 0 Å². The lowest BCUT2D eigenvalue weighted by molar-refractivity contribution is 0.382. The van der Waals surface area contributed by atoms with Crippen LogP contribution in [0.5, 0.6) is 0 Å². The lowest BCUT2D eigenvalue weighted by Crippen LogP contribution is -2.41. The summed E-state index contributed by atoms with van der Waals surface area (Å²) in [5.74, 6) is 4.02. The molecule has 2 aromatic rings. The fourth-order valence-corrected chi connectivity index (χ4v) is 2.97. The summed E-state index contributed by atoms with van der Waals surface area (Å²) in [5.41, 5.74) is -0.0538. The molecule has 1 aliphatic rings. The van der Waals surface area contributed by atoms with Crippen LogP contribution in [0, 0.1) is 6.92 Å². The van der Waals surface area contributed by atoms with E-state index in [-0.39, 0.29) is 11.5 Å². The molecule has 0 fully saturated rings. The van der Waals surface area contributed by atoms with Gasteiger partial charge in [-0.1, -0.05) is 20.8 Å². The lowest BCUT2D eigenvalue weighted by Gasteiger charge is -2.24. The highest BCUT2D eigenvalue weighted by Gasteiger charge is 2.24. The average molecular weight is 359 g/mol. The van der Waals surface area contributed by atoms with Crippen molar-refractivity contribution >= 4 is 5.96 Å². The molecular weight excluding hydrogens is 330 g/mol. The van der Waals surface area contributed by atoms with Gasteiger partial charge in [-0.05, 0) is 26.7 Å². The van der Waals surface area contributed by atoms with Gasteiger partial charge in [0.2, 0.25) is 5.89 Å². The highest BCUT2D eigenvalue weighted by molar-refractivity contribution is 5.80. The Morgan fingerprint density at radius 1 is 1.42 bits per heavy atom. The molecule has 8 heteroatoms. The Morgan fingerprint density at radius 2 is 2.23 bits per heavy atom. The van der Waals surface area contributed by atoms with Gasteiger partial charge in [0, 0.05) is 18.5 Å². The molecular formula is C18H29N7O. The Kier molecular flexibility index (Phi) is 5.29. The summed E-state index contributed by atoms with van der Waals surface area (Å²) in [6.45, 7) is 12.4. The van der Waals surface area contributed by atoms with Crippen LogP contribution in [0.3, 0.4) is 0 Å². The van der Waals surface area contributed by atoms with Gasteiger partial charge in [0.25, 0.3) is 0 Å². The molecule has 8 nitrogen and oxygen atoms in total. The smallest absolute Gasteiger partial charge is 0.216 e. The Hall–Kier alpha value is -2.38. The largest absolute Gasteiger partial charge is 0.443 e. The van der Waals surface area contributed by atoms with E-state index in [1.54, 1.807) is 6.20 Å². The lowest BCUT2D eigenvalue weighted by atomic mass is 9.94. The molecule has 26 heavy (non-hydrogen) atoms. The van der Waals surface area contributed by atoms with E-state index in [1.807, 2.05) is 18.5 Å². The summed E-state index contributed by atoms with van der Waals surface area (Å²) in [5, 5.41) is 11.2. The van der Waals surface area contributed by atoms with E-state index >= 15 is 0 Å². The molecule has 0 aromatic carbocycles. The Labute approximate surface area is 154 Å². The van der Waals surface area contributed by atoms with Crippen LogP contribution < -0.4 is 10.6 Å². The topological polar surface area (TPSA) is 93.2 Å². The van der Waals surface area contributed by atoms with Gasteiger partial charge in [-0.2, -0.15) is 5.10 Å². The first-order valence-corrected chi connectivity index (χ1v) is 9.28. The Balaban J connectivity index is 1.71. The third-order valence-electron chi connectivity index (χ3n) is 4.30.